The van der Waals surface area contributed by atoms with Crippen molar-refractivity contribution >= 4 is 6.09 Å². The normalized spacial score (nSPS) is 21.6. The number of hydrogen-bond donors (Lipinski definition) is 2. The molecule has 1 saturated heterocycles. The second kappa shape index (κ2) is 7.84. The van der Waals surface area contributed by atoms with Crippen molar-refractivity contribution in [2.75, 3.05) is 26.2 Å². The van der Waals surface area contributed by atoms with Crippen LogP contribution in [0.2, 0.25) is 0 Å². The van der Waals surface area contributed by atoms with Crippen LogP contribution in [-0.2, 0) is 4.74 Å². The molecule has 0 saturated carbocycles. The van der Waals surface area contributed by atoms with Gasteiger partial charge in [-0.2, -0.15) is 0 Å². The van der Waals surface area contributed by atoms with Crippen molar-refractivity contribution in [3.05, 3.63) is 0 Å². The molecule has 20 heavy (non-hydrogen) atoms. The monoisotopic (exact) mass is 285 g/mol. The zero-order valence-corrected chi connectivity index (χ0v) is 13.4. The lowest BCUT2D eigenvalue weighted by molar-refractivity contribution is 0.0161. The first kappa shape index (κ1) is 17.2. The number of amides is 1. The Hall–Kier alpha value is -0.810. The summed E-state index contributed by atoms with van der Waals surface area (Å²) in [6.45, 7) is 11.1. The SMILES string of the molecule is CC(CN)NCCC1CCCN(C(=O)OC(C)(C)C)C1. The topological polar surface area (TPSA) is 67.6 Å². The second-order valence-electron chi connectivity index (χ2n) is 6.81. The Balaban J connectivity index is 2.33. The van der Waals surface area contributed by atoms with Gasteiger partial charge in [-0.15, -0.1) is 0 Å². The molecular weight excluding hydrogens is 254 g/mol. The Morgan fingerprint density at radius 3 is 2.80 bits per heavy atom. The number of ether oxygens (including phenoxy) is 1. The van der Waals surface area contributed by atoms with Crippen molar-refractivity contribution in [3.63, 3.8) is 0 Å². The van der Waals surface area contributed by atoms with Gasteiger partial charge in [0.15, 0.2) is 0 Å². The van der Waals surface area contributed by atoms with E-state index >= 15 is 0 Å². The molecule has 1 amide bonds. The summed E-state index contributed by atoms with van der Waals surface area (Å²) >= 11 is 0. The van der Waals surface area contributed by atoms with E-state index in [1.807, 2.05) is 25.7 Å². The minimum atomic E-state index is -0.415. The van der Waals surface area contributed by atoms with Gasteiger partial charge in [0.25, 0.3) is 0 Å². The van der Waals surface area contributed by atoms with Gasteiger partial charge in [0.05, 0.1) is 0 Å². The van der Waals surface area contributed by atoms with Crippen LogP contribution in [0.3, 0.4) is 0 Å². The number of carbonyl (C=O) groups excluding carboxylic acids is 1. The second-order valence-corrected chi connectivity index (χ2v) is 6.81. The van der Waals surface area contributed by atoms with Crippen LogP contribution in [0.5, 0.6) is 0 Å². The standard InChI is InChI=1S/C15H31N3O2/c1-12(10-16)17-8-7-13-6-5-9-18(11-13)14(19)20-15(2,3)4/h12-13,17H,5-11,16H2,1-4H3. The summed E-state index contributed by atoms with van der Waals surface area (Å²) in [6.07, 6.45) is 3.17. The highest BCUT2D eigenvalue weighted by atomic mass is 16.6. The van der Waals surface area contributed by atoms with Crippen molar-refractivity contribution < 1.29 is 9.53 Å². The third-order valence-corrected chi connectivity index (χ3v) is 3.57. The lowest BCUT2D eigenvalue weighted by atomic mass is 9.95. The molecule has 1 rings (SSSR count). The summed E-state index contributed by atoms with van der Waals surface area (Å²) in [6, 6.07) is 0.362. The van der Waals surface area contributed by atoms with E-state index in [1.165, 1.54) is 6.42 Å². The molecule has 2 unspecified atom stereocenters. The van der Waals surface area contributed by atoms with Crippen LogP contribution in [0.25, 0.3) is 0 Å². The van der Waals surface area contributed by atoms with Gasteiger partial charge < -0.3 is 20.7 Å². The maximum atomic E-state index is 12.1. The van der Waals surface area contributed by atoms with Gasteiger partial charge in [0.2, 0.25) is 0 Å². The minimum absolute atomic E-state index is 0.175. The first-order valence-electron chi connectivity index (χ1n) is 7.73. The number of hydrogen-bond acceptors (Lipinski definition) is 4. The summed E-state index contributed by atoms with van der Waals surface area (Å²) in [5.41, 5.74) is 5.17. The Kier molecular flexibility index (Phi) is 6.76. The highest BCUT2D eigenvalue weighted by molar-refractivity contribution is 5.68. The molecule has 1 fully saturated rings. The molecule has 0 aliphatic carbocycles. The summed E-state index contributed by atoms with van der Waals surface area (Å²) in [7, 11) is 0. The first-order chi connectivity index (χ1) is 9.31. The van der Waals surface area contributed by atoms with E-state index in [0.717, 1.165) is 32.5 Å². The Bertz CT molecular complexity index is 302. The van der Waals surface area contributed by atoms with E-state index in [9.17, 15) is 4.79 Å². The number of nitrogens with one attached hydrogen (secondary N) is 1. The fourth-order valence-electron chi connectivity index (χ4n) is 2.41. The van der Waals surface area contributed by atoms with Crippen molar-refractivity contribution in [1.82, 2.24) is 10.2 Å². The molecule has 0 spiro atoms. The summed E-state index contributed by atoms with van der Waals surface area (Å²) in [5, 5.41) is 3.40. The maximum Gasteiger partial charge on any atom is 0.410 e. The van der Waals surface area contributed by atoms with Crippen molar-refractivity contribution in [2.45, 2.75) is 58.6 Å². The molecule has 0 bridgehead atoms. The average molecular weight is 285 g/mol. The zero-order valence-electron chi connectivity index (χ0n) is 13.4. The van der Waals surface area contributed by atoms with Crippen LogP contribution in [0.1, 0.15) is 47.0 Å². The van der Waals surface area contributed by atoms with E-state index in [4.69, 9.17) is 10.5 Å². The molecule has 118 valence electrons. The molecule has 1 aliphatic heterocycles. The molecule has 0 radical (unpaired) electrons. The molecule has 3 N–H and O–H groups in total. The van der Waals surface area contributed by atoms with Gasteiger partial charge in [-0.05, 0) is 59.4 Å². The Labute approximate surface area is 123 Å². The fourth-order valence-corrected chi connectivity index (χ4v) is 2.41. The van der Waals surface area contributed by atoms with E-state index in [2.05, 4.69) is 12.2 Å². The van der Waals surface area contributed by atoms with E-state index < -0.39 is 5.60 Å². The van der Waals surface area contributed by atoms with Gasteiger partial charge in [-0.3, -0.25) is 0 Å². The zero-order chi connectivity index (χ0) is 15.2. The number of piperidine rings is 1. The van der Waals surface area contributed by atoms with Gasteiger partial charge in [0, 0.05) is 25.7 Å². The quantitative estimate of drug-likeness (QED) is 0.810. The Morgan fingerprint density at radius 1 is 1.50 bits per heavy atom. The first-order valence-corrected chi connectivity index (χ1v) is 7.73. The summed E-state index contributed by atoms with van der Waals surface area (Å²) < 4.78 is 5.44. The third kappa shape index (κ3) is 6.57. The van der Waals surface area contributed by atoms with Crippen molar-refractivity contribution in [1.29, 1.82) is 0 Å². The number of nitrogens with zero attached hydrogens (tertiary/aromatic N) is 1. The fraction of sp³-hybridized carbons (Fsp3) is 0.933. The highest BCUT2D eigenvalue weighted by Gasteiger charge is 2.27. The molecule has 1 heterocycles. The van der Waals surface area contributed by atoms with Gasteiger partial charge in [-0.1, -0.05) is 0 Å². The van der Waals surface area contributed by atoms with Crippen LogP contribution in [-0.4, -0.2) is 48.8 Å². The predicted molar refractivity (Wildman–Crippen MR) is 81.7 cm³/mol. The lowest BCUT2D eigenvalue weighted by Gasteiger charge is -2.34. The van der Waals surface area contributed by atoms with Gasteiger partial charge in [-0.25, -0.2) is 4.79 Å². The molecule has 0 aromatic carbocycles. The minimum Gasteiger partial charge on any atom is -0.444 e. The molecule has 5 nitrogen and oxygen atoms in total. The van der Waals surface area contributed by atoms with Gasteiger partial charge in [0.1, 0.15) is 5.60 Å². The molecular formula is C15H31N3O2. The van der Waals surface area contributed by atoms with Crippen LogP contribution in [0.4, 0.5) is 4.79 Å². The van der Waals surface area contributed by atoms with Crippen molar-refractivity contribution in [3.8, 4) is 0 Å². The van der Waals surface area contributed by atoms with Gasteiger partial charge >= 0.3 is 6.09 Å². The van der Waals surface area contributed by atoms with Crippen LogP contribution in [0, 0.1) is 5.92 Å². The molecule has 0 aromatic heterocycles. The van der Waals surface area contributed by atoms with E-state index in [1.54, 1.807) is 0 Å². The molecule has 1 aliphatic rings. The lowest BCUT2D eigenvalue weighted by Crippen LogP contribution is -2.43. The predicted octanol–water partition coefficient (Wildman–Crippen LogP) is 1.96. The molecule has 5 heteroatoms. The number of likely N-dealkylation sites (tertiary alicyclic amines) is 1. The van der Waals surface area contributed by atoms with Crippen LogP contribution in [0.15, 0.2) is 0 Å². The maximum absolute atomic E-state index is 12.1. The summed E-state index contributed by atoms with van der Waals surface area (Å²) in [5.74, 6) is 0.564. The molecule has 2 atom stereocenters. The largest absolute Gasteiger partial charge is 0.444 e. The smallest absolute Gasteiger partial charge is 0.410 e. The van der Waals surface area contributed by atoms with Crippen LogP contribution >= 0.6 is 0 Å². The van der Waals surface area contributed by atoms with E-state index in [-0.39, 0.29) is 6.09 Å². The average Bonchev–Trinajstić information content (AvgIpc) is 2.37. The summed E-state index contributed by atoms with van der Waals surface area (Å²) in [4.78, 5) is 13.9. The molecule has 0 aromatic rings. The third-order valence-electron chi connectivity index (χ3n) is 3.57. The van der Waals surface area contributed by atoms with Crippen LogP contribution < -0.4 is 11.1 Å². The van der Waals surface area contributed by atoms with Crippen molar-refractivity contribution in [2.24, 2.45) is 11.7 Å². The van der Waals surface area contributed by atoms with E-state index in [0.29, 0.717) is 18.5 Å². The number of nitrogens with two attached hydrogens (primary N) is 1. The number of carbonyl (C=O) groups is 1. The number of rotatable bonds is 5. The Morgan fingerprint density at radius 2 is 2.20 bits per heavy atom. The highest BCUT2D eigenvalue weighted by Crippen LogP contribution is 2.21.